The number of allylic oxidation sites excluding steroid dienone is 1. The summed E-state index contributed by atoms with van der Waals surface area (Å²) in [5.41, 5.74) is 1.09. The fourth-order valence-electron chi connectivity index (χ4n) is 3.04. The highest BCUT2D eigenvalue weighted by Crippen LogP contribution is 2.39. The van der Waals surface area contributed by atoms with Gasteiger partial charge >= 0.3 is 6.03 Å². The Morgan fingerprint density at radius 2 is 2.14 bits per heavy atom. The molecule has 0 N–H and O–H groups in total. The van der Waals surface area contributed by atoms with E-state index >= 15 is 0 Å². The number of carbonyl (C=O) groups is 1. The molecule has 118 valence electrons. The first-order valence-corrected chi connectivity index (χ1v) is 7.79. The lowest BCUT2D eigenvalue weighted by atomic mass is 10.00. The standard InChI is InChI=1S/C17H28N2O2/c1-7-21-12(2)13-8-14-10-19(11-15(14)9-13)16(20)18(6)17(3,4)5/h8,14-15H,2,7,9-11H2,1,3-6H3. The molecule has 0 aromatic rings. The van der Waals surface area contributed by atoms with E-state index < -0.39 is 0 Å². The average molecular weight is 292 g/mol. The molecule has 1 aliphatic carbocycles. The molecule has 1 fully saturated rings. The summed E-state index contributed by atoms with van der Waals surface area (Å²) in [7, 11) is 1.88. The molecule has 1 heterocycles. The first kappa shape index (κ1) is 15.9. The van der Waals surface area contributed by atoms with Gasteiger partial charge in [0.15, 0.2) is 0 Å². The molecule has 0 radical (unpaired) electrons. The third kappa shape index (κ3) is 3.25. The monoisotopic (exact) mass is 292 g/mol. The van der Waals surface area contributed by atoms with Crippen LogP contribution >= 0.6 is 0 Å². The van der Waals surface area contributed by atoms with Crippen LogP contribution in [0.4, 0.5) is 4.79 Å². The number of carbonyl (C=O) groups excluding carboxylic acids is 1. The SMILES string of the molecule is C=C(OCC)C1=CC2CN(C(=O)N(C)C(C)(C)C)CC2C1. The topological polar surface area (TPSA) is 32.8 Å². The van der Waals surface area contributed by atoms with Crippen molar-refractivity contribution in [1.82, 2.24) is 9.80 Å². The Kier molecular flexibility index (Phi) is 4.35. The van der Waals surface area contributed by atoms with Gasteiger partial charge in [0, 0.05) is 31.6 Å². The van der Waals surface area contributed by atoms with Gasteiger partial charge in [-0.2, -0.15) is 0 Å². The van der Waals surface area contributed by atoms with E-state index in [0.29, 0.717) is 18.4 Å². The van der Waals surface area contributed by atoms with E-state index in [2.05, 4.69) is 33.4 Å². The summed E-state index contributed by atoms with van der Waals surface area (Å²) < 4.78 is 5.50. The van der Waals surface area contributed by atoms with Gasteiger partial charge in [0.05, 0.1) is 6.61 Å². The maximum absolute atomic E-state index is 12.5. The molecule has 1 aliphatic heterocycles. The molecule has 21 heavy (non-hydrogen) atoms. The van der Waals surface area contributed by atoms with E-state index in [1.54, 1.807) is 0 Å². The van der Waals surface area contributed by atoms with Crippen LogP contribution in [0, 0.1) is 11.8 Å². The largest absolute Gasteiger partial charge is 0.494 e. The molecule has 2 aliphatic rings. The van der Waals surface area contributed by atoms with Crippen molar-refractivity contribution in [3.05, 3.63) is 24.0 Å². The summed E-state index contributed by atoms with van der Waals surface area (Å²) in [5, 5.41) is 0. The van der Waals surface area contributed by atoms with E-state index in [-0.39, 0.29) is 11.6 Å². The molecular weight excluding hydrogens is 264 g/mol. The minimum Gasteiger partial charge on any atom is -0.494 e. The highest BCUT2D eigenvalue weighted by Gasteiger charge is 2.40. The van der Waals surface area contributed by atoms with Crippen LogP contribution in [0.1, 0.15) is 34.1 Å². The third-order valence-corrected chi connectivity index (χ3v) is 4.63. The molecule has 4 nitrogen and oxygen atoms in total. The first-order valence-electron chi connectivity index (χ1n) is 7.79. The minimum absolute atomic E-state index is 0.135. The highest BCUT2D eigenvalue weighted by molar-refractivity contribution is 5.75. The molecule has 0 aromatic heterocycles. The van der Waals surface area contributed by atoms with Crippen LogP contribution in [0.15, 0.2) is 24.0 Å². The summed E-state index contributed by atoms with van der Waals surface area (Å²) in [6.07, 6.45) is 3.24. The van der Waals surface area contributed by atoms with E-state index in [9.17, 15) is 4.79 Å². The van der Waals surface area contributed by atoms with Crippen LogP contribution in [0.2, 0.25) is 0 Å². The zero-order valence-electron chi connectivity index (χ0n) is 14.0. The number of fused-ring (bicyclic) bond motifs is 1. The second kappa shape index (κ2) is 5.74. The molecule has 1 saturated heterocycles. The van der Waals surface area contributed by atoms with Gasteiger partial charge in [0.2, 0.25) is 0 Å². The first-order chi connectivity index (χ1) is 9.74. The van der Waals surface area contributed by atoms with Crippen LogP contribution in [-0.2, 0) is 4.74 Å². The lowest BCUT2D eigenvalue weighted by Gasteiger charge is -2.35. The molecule has 0 saturated carbocycles. The Hall–Kier alpha value is -1.45. The summed E-state index contributed by atoms with van der Waals surface area (Å²) in [5.74, 6) is 1.78. The molecule has 2 unspecified atom stereocenters. The van der Waals surface area contributed by atoms with E-state index in [1.165, 1.54) is 5.57 Å². The quantitative estimate of drug-likeness (QED) is 0.748. The Balaban J connectivity index is 1.98. The number of urea groups is 1. The van der Waals surface area contributed by atoms with Crippen LogP contribution in [0.5, 0.6) is 0 Å². The van der Waals surface area contributed by atoms with Gasteiger partial charge in [-0.15, -0.1) is 0 Å². The predicted octanol–water partition coefficient (Wildman–Crippen LogP) is 3.27. The van der Waals surface area contributed by atoms with Gasteiger partial charge in [0.1, 0.15) is 5.76 Å². The zero-order valence-corrected chi connectivity index (χ0v) is 14.0. The Labute approximate surface area is 128 Å². The van der Waals surface area contributed by atoms with Crippen molar-refractivity contribution in [2.45, 2.75) is 39.7 Å². The molecule has 2 rings (SSSR count). The fourth-order valence-corrected chi connectivity index (χ4v) is 3.04. The lowest BCUT2D eigenvalue weighted by Crippen LogP contribution is -2.49. The normalized spacial score (nSPS) is 24.6. The van der Waals surface area contributed by atoms with Crippen molar-refractivity contribution >= 4 is 6.03 Å². The minimum atomic E-state index is -0.140. The Morgan fingerprint density at radius 3 is 2.67 bits per heavy atom. The maximum Gasteiger partial charge on any atom is 0.320 e. The van der Waals surface area contributed by atoms with Crippen molar-refractivity contribution in [2.24, 2.45) is 11.8 Å². The van der Waals surface area contributed by atoms with Gasteiger partial charge in [0.25, 0.3) is 0 Å². The number of amides is 2. The van der Waals surface area contributed by atoms with E-state index in [0.717, 1.165) is 25.3 Å². The predicted molar refractivity (Wildman–Crippen MR) is 84.9 cm³/mol. The van der Waals surface area contributed by atoms with Crippen molar-refractivity contribution in [3.63, 3.8) is 0 Å². The molecular formula is C17H28N2O2. The molecule has 0 aromatic carbocycles. The number of hydrogen-bond donors (Lipinski definition) is 0. The van der Waals surface area contributed by atoms with Crippen molar-refractivity contribution < 1.29 is 9.53 Å². The van der Waals surface area contributed by atoms with Gasteiger partial charge in [-0.1, -0.05) is 12.7 Å². The zero-order chi connectivity index (χ0) is 15.8. The van der Waals surface area contributed by atoms with Crippen LogP contribution in [0.3, 0.4) is 0 Å². The van der Waals surface area contributed by atoms with Gasteiger partial charge < -0.3 is 14.5 Å². The van der Waals surface area contributed by atoms with Gasteiger partial charge in [-0.25, -0.2) is 4.79 Å². The summed E-state index contributed by atoms with van der Waals surface area (Å²) in [6, 6.07) is 0.135. The lowest BCUT2D eigenvalue weighted by molar-refractivity contribution is 0.132. The second-order valence-electron chi connectivity index (χ2n) is 7.09. The molecule has 0 bridgehead atoms. The second-order valence-corrected chi connectivity index (χ2v) is 7.09. The van der Waals surface area contributed by atoms with Crippen LogP contribution < -0.4 is 0 Å². The number of nitrogens with zero attached hydrogens (tertiary/aromatic N) is 2. The van der Waals surface area contributed by atoms with Crippen LogP contribution in [0.25, 0.3) is 0 Å². The fraction of sp³-hybridized carbons (Fsp3) is 0.706. The van der Waals surface area contributed by atoms with Gasteiger partial charge in [-0.3, -0.25) is 0 Å². The van der Waals surface area contributed by atoms with Crippen LogP contribution in [-0.4, -0.2) is 48.1 Å². The summed E-state index contributed by atoms with van der Waals surface area (Å²) >= 11 is 0. The Bertz CT molecular complexity index is 462. The number of likely N-dealkylation sites (tertiary alicyclic amines) is 1. The number of hydrogen-bond acceptors (Lipinski definition) is 2. The van der Waals surface area contributed by atoms with Gasteiger partial charge in [-0.05, 0) is 45.6 Å². The molecule has 0 spiro atoms. The third-order valence-electron chi connectivity index (χ3n) is 4.63. The maximum atomic E-state index is 12.5. The molecule has 2 amide bonds. The van der Waals surface area contributed by atoms with Crippen molar-refractivity contribution in [2.75, 3.05) is 26.7 Å². The van der Waals surface area contributed by atoms with Crippen molar-refractivity contribution in [3.8, 4) is 0 Å². The van der Waals surface area contributed by atoms with E-state index in [1.807, 2.05) is 23.8 Å². The number of rotatable bonds is 3. The Morgan fingerprint density at radius 1 is 1.48 bits per heavy atom. The van der Waals surface area contributed by atoms with Crippen molar-refractivity contribution in [1.29, 1.82) is 0 Å². The smallest absolute Gasteiger partial charge is 0.320 e. The summed E-state index contributed by atoms with van der Waals surface area (Å²) in [6.45, 7) is 14.5. The molecule has 2 atom stereocenters. The highest BCUT2D eigenvalue weighted by atomic mass is 16.5. The average Bonchev–Trinajstić information content (AvgIpc) is 2.94. The van der Waals surface area contributed by atoms with E-state index in [4.69, 9.17) is 4.74 Å². The number of ether oxygens (including phenoxy) is 1. The molecule has 4 heteroatoms. The summed E-state index contributed by atoms with van der Waals surface area (Å²) in [4.78, 5) is 16.3.